The van der Waals surface area contributed by atoms with E-state index < -0.39 is 0 Å². The third kappa shape index (κ3) is 5.08. The quantitative estimate of drug-likeness (QED) is 0.645. The summed E-state index contributed by atoms with van der Waals surface area (Å²) in [5, 5.41) is 5.10. The Bertz CT molecular complexity index is 827. The van der Waals surface area contributed by atoms with E-state index >= 15 is 0 Å². The summed E-state index contributed by atoms with van der Waals surface area (Å²) in [6.45, 7) is 4.48. The molecule has 3 aromatic rings. The van der Waals surface area contributed by atoms with Gasteiger partial charge in [-0.25, -0.2) is 0 Å². The molecular weight excluding hydrogens is 336 g/mol. The normalized spacial score (nSPS) is 13.1. The molecule has 1 heterocycles. The van der Waals surface area contributed by atoms with Gasteiger partial charge in [0.1, 0.15) is 0 Å². The number of hydrogen-bond acceptors (Lipinski definition) is 2. The van der Waals surface area contributed by atoms with Crippen molar-refractivity contribution >= 4 is 5.91 Å². The molecule has 0 unspecified atom stereocenters. The van der Waals surface area contributed by atoms with E-state index in [9.17, 15) is 4.79 Å². The summed E-state index contributed by atoms with van der Waals surface area (Å²) in [7, 11) is 0. The van der Waals surface area contributed by atoms with Crippen LogP contribution in [0.25, 0.3) is 0 Å². The van der Waals surface area contributed by atoms with Crippen molar-refractivity contribution in [1.82, 2.24) is 5.32 Å². The van der Waals surface area contributed by atoms with Gasteiger partial charge in [-0.15, -0.1) is 0 Å². The second kappa shape index (κ2) is 9.19. The van der Waals surface area contributed by atoms with E-state index in [1.165, 1.54) is 5.56 Å². The monoisotopic (exact) mass is 363 g/mol. The molecule has 2 aromatic carbocycles. The van der Waals surface area contributed by atoms with E-state index in [4.69, 9.17) is 4.42 Å². The Morgan fingerprint density at radius 2 is 1.74 bits per heavy atom. The second-order valence-corrected chi connectivity index (χ2v) is 6.73. The van der Waals surface area contributed by atoms with Gasteiger partial charge in [0.2, 0.25) is 0 Å². The maximum atomic E-state index is 12.5. The Morgan fingerprint density at radius 3 is 2.37 bits per heavy atom. The number of aryl methyl sites for hydroxylation is 1. The molecule has 3 rings (SSSR count). The van der Waals surface area contributed by atoms with Crippen LogP contribution in [0.4, 0.5) is 0 Å². The van der Waals surface area contributed by atoms with E-state index in [0.29, 0.717) is 6.54 Å². The summed E-state index contributed by atoms with van der Waals surface area (Å²) in [5.41, 5.74) is 3.53. The summed E-state index contributed by atoms with van der Waals surface area (Å²) in [6.07, 6.45) is 2.69. The first-order chi connectivity index (χ1) is 13.2. The molecule has 0 aliphatic heterocycles. The highest BCUT2D eigenvalue weighted by Crippen LogP contribution is 2.18. The van der Waals surface area contributed by atoms with Gasteiger partial charge in [-0.05, 0) is 36.6 Å². The molecule has 1 amide bonds. The molecule has 0 saturated carbocycles. The maximum absolute atomic E-state index is 12.5. The zero-order valence-corrected chi connectivity index (χ0v) is 15.9. The molecule has 0 bridgehead atoms. The van der Waals surface area contributed by atoms with E-state index in [2.05, 4.69) is 48.6 Å². The van der Waals surface area contributed by atoms with Crippen LogP contribution in [-0.2, 0) is 11.2 Å². The number of hydrogen-bond donors (Lipinski definition) is 2. The van der Waals surface area contributed by atoms with Crippen LogP contribution in [0, 0.1) is 0 Å². The minimum atomic E-state index is -0.0360. The minimum absolute atomic E-state index is 0.00885. The summed E-state index contributed by atoms with van der Waals surface area (Å²) in [6, 6.07) is 22.3. The Balaban J connectivity index is 1.60. The van der Waals surface area contributed by atoms with Gasteiger partial charge in [0.15, 0.2) is 18.3 Å². The first kappa shape index (κ1) is 18.9. The first-order valence-corrected chi connectivity index (χ1v) is 9.47. The average Bonchev–Trinajstić information content (AvgIpc) is 3.23. The predicted octanol–water partition coefficient (Wildman–Crippen LogP) is 3.37. The lowest BCUT2D eigenvalue weighted by molar-refractivity contribution is -0.678. The average molecular weight is 363 g/mol. The molecule has 0 aliphatic carbocycles. The molecule has 27 heavy (non-hydrogen) atoms. The number of quaternary nitrogens is 1. The van der Waals surface area contributed by atoms with Gasteiger partial charge in [0.05, 0.1) is 12.3 Å². The number of rotatable bonds is 8. The molecule has 4 heteroatoms. The zero-order valence-electron chi connectivity index (χ0n) is 15.9. The van der Waals surface area contributed by atoms with Gasteiger partial charge in [-0.3, -0.25) is 4.79 Å². The summed E-state index contributed by atoms with van der Waals surface area (Å²) in [4.78, 5) is 12.5. The molecule has 0 aliphatic rings. The van der Waals surface area contributed by atoms with Crippen LogP contribution >= 0.6 is 0 Å². The molecular formula is C23H27N2O2+. The molecule has 0 spiro atoms. The Hall–Kier alpha value is -2.85. The number of nitrogens with two attached hydrogens (primary N) is 1. The third-order valence-electron chi connectivity index (χ3n) is 4.81. The number of carbonyl (C=O) groups excluding carboxylic acids is 1. The fourth-order valence-electron chi connectivity index (χ4n) is 3.20. The lowest BCUT2D eigenvalue weighted by Gasteiger charge is -2.17. The van der Waals surface area contributed by atoms with E-state index in [-0.39, 0.29) is 18.0 Å². The molecule has 0 radical (unpaired) electrons. The van der Waals surface area contributed by atoms with Crippen LogP contribution in [0.1, 0.15) is 48.4 Å². The van der Waals surface area contributed by atoms with Crippen LogP contribution in [0.2, 0.25) is 0 Å². The van der Waals surface area contributed by atoms with Crippen LogP contribution in [0.15, 0.2) is 77.4 Å². The maximum Gasteiger partial charge on any atom is 0.275 e. The third-order valence-corrected chi connectivity index (χ3v) is 4.81. The van der Waals surface area contributed by atoms with Crippen molar-refractivity contribution in [2.24, 2.45) is 0 Å². The SMILES string of the molecule is CCc1ccc([C@H](C)NC(=O)C[NH2+][C@H](c2ccccc2)c2ccco2)cc1. The standard InChI is InChI=1S/C23H26N2O2/c1-3-18-11-13-19(14-12-18)17(2)25-22(26)16-24-23(21-10-7-15-27-21)20-8-5-4-6-9-20/h4-15,17,23-24H,3,16H2,1-2H3,(H,25,26)/p+1/t17-,23+/m0/s1. The highest BCUT2D eigenvalue weighted by Gasteiger charge is 2.22. The van der Waals surface area contributed by atoms with Gasteiger partial charge in [0, 0.05) is 5.56 Å². The van der Waals surface area contributed by atoms with Crippen molar-refractivity contribution in [3.8, 4) is 0 Å². The van der Waals surface area contributed by atoms with Gasteiger partial charge in [-0.1, -0.05) is 61.5 Å². The lowest BCUT2D eigenvalue weighted by atomic mass is 10.0. The van der Waals surface area contributed by atoms with Crippen molar-refractivity contribution in [3.63, 3.8) is 0 Å². The van der Waals surface area contributed by atoms with Crippen molar-refractivity contribution in [1.29, 1.82) is 0 Å². The molecule has 0 saturated heterocycles. The molecule has 0 fully saturated rings. The Kier molecular flexibility index (Phi) is 6.44. The fraction of sp³-hybridized carbons (Fsp3) is 0.261. The largest absolute Gasteiger partial charge is 0.463 e. The number of furan rings is 1. The van der Waals surface area contributed by atoms with Crippen LogP contribution in [0.5, 0.6) is 0 Å². The number of amides is 1. The summed E-state index contributed by atoms with van der Waals surface area (Å²) >= 11 is 0. The first-order valence-electron chi connectivity index (χ1n) is 9.47. The van der Waals surface area contributed by atoms with Crippen LogP contribution in [-0.4, -0.2) is 12.5 Å². The Morgan fingerprint density at radius 1 is 1.00 bits per heavy atom. The molecule has 140 valence electrons. The topological polar surface area (TPSA) is 58.9 Å². The van der Waals surface area contributed by atoms with Crippen molar-refractivity contribution < 1.29 is 14.5 Å². The predicted molar refractivity (Wildman–Crippen MR) is 106 cm³/mol. The number of carbonyl (C=O) groups is 1. The van der Waals surface area contributed by atoms with Gasteiger partial charge in [0.25, 0.3) is 5.91 Å². The van der Waals surface area contributed by atoms with Crippen molar-refractivity contribution in [2.45, 2.75) is 32.4 Å². The number of nitrogens with one attached hydrogen (secondary N) is 1. The smallest absolute Gasteiger partial charge is 0.275 e. The van der Waals surface area contributed by atoms with Gasteiger partial charge < -0.3 is 15.1 Å². The van der Waals surface area contributed by atoms with Crippen LogP contribution in [0.3, 0.4) is 0 Å². The van der Waals surface area contributed by atoms with E-state index in [1.807, 2.05) is 42.6 Å². The summed E-state index contributed by atoms with van der Waals surface area (Å²) in [5.74, 6) is 0.853. The van der Waals surface area contributed by atoms with E-state index in [1.54, 1.807) is 6.26 Å². The van der Waals surface area contributed by atoms with Crippen molar-refractivity contribution in [2.75, 3.05) is 6.54 Å². The highest BCUT2D eigenvalue weighted by atomic mass is 16.3. The second-order valence-electron chi connectivity index (χ2n) is 6.73. The molecule has 3 N–H and O–H groups in total. The fourth-order valence-corrected chi connectivity index (χ4v) is 3.20. The van der Waals surface area contributed by atoms with Crippen molar-refractivity contribution in [3.05, 3.63) is 95.4 Å². The van der Waals surface area contributed by atoms with E-state index in [0.717, 1.165) is 23.3 Å². The number of benzene rings is 2. The molecule has 4 nitrogen and oxygen atoms in total. The van der Waals surface area contributed by atoms with Gasteiger partial charge in [-0.2, -0.15) is 0 Å². The Labute approximate surface area is 160 Å². The molecule has 1 aromatic heterocycles. The minimum Gasteiger partial charge on any atom is -0.463 e. The summed E-state index contributed by atoms with van der Waals surface area (Å²) < 4.78 is 5.59. The molecule has 2 atom stereocenters. The highest BCUT2D eigenvalue weighted by molar-refractivity contribution is 5.77. The zero-order chi connectivity index (χ0) is 19.1. The van der Waals surface area contributed by atoms with Gasteiger partial charge >= 0.3 is 0 Å². The van der Waals surface area contributed by atoms with Crippen LogP contribution < -0.4 is 10.6 Å². The lowest BCUT2D eigenvalue weighted by Crippen LogP contribution is -2.87.